The van der Waals surface area contributed by atoms with Crippen LogP contribution < -0.4 is 0 Å². The molecule has 0 aromatic carbocycles. The number of carbonyl (C=O) groups excluding carboxylic acids is 1. The van der Waals surface area contributed by atoms with Crippen LogP contribution in [0.2, 0.25) is 0 Å². The molecule has 122 valence electrons. The van der Waals surface area contributed by atoms with Gasteiger partial charge in [0.2, 0.25) is 5.91 Å². The maximum atomic E-state index is 12.8. The quantitative estimate of drug-likeness (QED) is 0.845. The number of carbonyl (C=O) groups is 1. The van der Waals surface area contributed by atoms with Gasteiger partial charge in [0.25, 0.3) is 0 Å². The van der Waals surface area contributed by atoms with E-state index in [4.69, 9.17) is 0 Å². The number of amides is 1. The highest BCUT2D eigenvalue weighted by atomic mass is 16.3. The van der Waals surface area contributed by atoms with Crippen molar-refractivity contribution < 1.29 is 9.90 Å². The lowest BCUT2D eigenvalue weighted by Crippen LogP contribution is -2.46. The van der Waals surface area contributed by atoms with Crippen LogP contribution in [0.3, 0.4) is 0 Å². The summed E-state index contributed by atoms with van der Waals surface area (Å²) in [6.07, 6.45) is 8.84. The first-order valence-electron chi connectivity index (χ1n) is 8.85. The number of hydrogen-bond acceptors (Lipinski definition) is 2. The van der Waals surface area contributed by atoms with Crippen LogP contribution in [0.1, 0.15) is 72.1 Å². The van der Waals surface area contributed by atoms with E-state index in [0.717, 1.165) is 44.6 Å². The van der Waals surface area contributed by atoms with Crippen molar-refractivity contribution in [2.75, 3.05) is 13.2 Å². The Morgan fingerprint density at radius 3 is 2.29 bits per heavy atom. The van der Waals surface area contributed by atoms with Crippen molar-refractivity contribution in [2.45, 2.75) is 78.2 Å². The maximum absolute atomic E-state index is 12.8. The molecule has 2 rings (SSSR count). The summed E-state index contributed by atoms with van der Waals surface area (Å²) in [6.45, 7) is 7.93. The summed E-state index contributed by atoms with van der Waals surface area (Å²) < 4.78 is 0. The molecule has 1 saturated heterocycles. The molecule has 2 fully saturated rings. The molecule has 1 unspecified atom stereocenters. The fourth-order valence-corrected chi connectivity index (χ4v) is 4.10. The summed E-state index contributed by atoms with van der Waals surface area (Å²) in [7, 11) is 0. The van der Waals surface area contributed by atoms with E-state index >= 15 is 0 Å². The van der Waals surface area contributed by atoms with Crippen molar-refractivity contribution in [3.05, 3.63) is 0 Å². The molecule has 1 amide bonds. The van der Waals surface area contributed by atoms with E-state index in [-0.39, 0.29) is 18.6 Å². The Morgan fingerprint density at radius 1 is 1.05 bits per heavy atom. The Labute approximate surface area is 130 Å². The molecule has 0 spiro atoms. The number of aliphatic hydroxyl groups excluding tert-OH is 1. The van der Waals surface area contributed by atoms with Gasteiger partial charge >= 0.3 is 0 Å². The molecule has 3 nitrogen and oxygen atoms in total. The van der Waals surface area contributed by atoms with E-state index in [2.05, 4.69) is 20.8 Å². The summed E-state index contributed by atoms with van der Waals surface area (Å²) in [5.41, 5.74) is 0.365. The van der Waals surface area contributed by atoms with Gasteiger partial charge in [-0.15, -0.1) is 0 Å². The molecule has 1 aliphatic heterocycles. The molecule has 0 aromatic heterocycles. The van der Waals surface area contributed by atoms with Crippen LogP contribution in [0.25, 0.3) is 0 Å². The van der Waals surface area contributed by atoms with Crippen LogP contribution in [0.15, 0.2) is 0 Å². The third kappa shape index (κ3) is 4.21. The Bertz CT molecular complexity index is 340. The van der Waals surface area contributed by atoms with Crippen molar-refractivity contribution in [2.24, 2.45) is 17.3 Å². The molecule has 0 bridgehead atoms. The molecule has 1 saturated carbocycles. The van der Waals surface area contributed by atoms with Crippen molar-refractivity contribution in [3.63, 3.8) is 0 Å². The Hall–Kier alpha value is -0.570. The lowest BCUT2D eigenvalue weighted by Gasteiger charge is -2.39. The average Bonchev–Trinajstić information content (AvgIpc) is 2.70. The predicted octanol–water partition coefficient (Wildman–Crippen LogP) is 3.60. The fourth-order valence-electron chi connectivity index (χ4n) is 4.10. The van der Waals surface area contributed by atoms with Crippen molar-refractivity contribution >= 4 is 5.91 Å². The summed E-state index contributed by atoms with van der Waals surface area (Å²) in [4.78, 5) is 14.9. The second kappa shape index (κ2) is 7.13. The van der Waals surface area contributed by atoms with Crippen LogP contribution in [-0.4, -0.2) is 35.1 Å². The van der Waals surface area contributed by atoms with Gasteiger partial charge in [0.15, 0.2) is 0 Å². The van der Waals surface area contributed by atoms with Crippen molar-refractivity contribution in [3.8, 4) is 0 Å². The van der Waals surface area contributed by atoms with Crippen LogP contribution in [0.4, 0.5) is 0 Å². The number of nitrogens with zero attached hydrogens (tertiary/aromatic N) is 1. The second-order valence-electron chi connectivity index (χ2n) is 8.13. The first-order valence-corrected chi connectivity index (χ1v) is 8.85. The molecular weight excluding hydrogens is 262 g/mol. The second-order valence-corrected chi connectivity index (χ2v) is 8.13. The Balaban J connectivity index is 1.94. The molecule has 1 aliphatic carbocycles. The van der Waals surface area contributed by atoms with Gasteiger partial charge in [0.05, 0.1) is 12.6 Å². The normalized spacial score (nSPS) is 31.8. The van der Waals surface area contributed by atoms with Gasteiger partial charge in [0, 0.05) is 12.5 Å². The monoisotopic (exact) mass is 295 g/mol. The minimum absolute atomic E-state index is 0.0698. The fraction of sp³-hybridized carbons (Fsp3) is 0.944. The number of hydrogen-bond donors (Lipinski definition) is 1. The predicted molar refractivity (Wildman–Crippen MR) is 86.0 cm³/mol. The molecular formula is C18H33NO2. The van der Waals surface area contributed by atoms with E-state index in [1.807, 2.05) is 4.90 Å². The third-order valence-electron chi connectivity index (χ3n) is 5.67. The smallest absolute Gasteiger partial charge is 0.226 e. The van der Waals surface area contributed by atoms with Gasteiger partial charge < -0.3 is 10.0 Å². The first kappa shape index (κ1) is 16.8. The van der Waals surface area contributed by atoms with Crippen molar-refractivity contribution in [1.29, 1.82) is 0 Å². The van der Waals surface area contributed by atoms with Gasteiger partial charge in [-0.2, -0.15) is 0 Å². The molecule has 3 heteroatoms. The minimum atomic E-state index is 0.0698. The van der Waals surface area contributed by atoms with Gasteiger partial charge in [-0.05, 0) is 49.9 Å². The topological polar surface area (TPSA) is 40.5 Å². The van der Waals surface area contributed by atoms with Crippen LogP contribution in [-0.2, 0) is 4.79 Å². The standard InChI is InChI=1S/C18H33NO2/c1-18(2,3)15-10-8-14(9-11-15)17(21)19-12-6-4-5-7-16(19)13-20/h14-16,20H,4-13H2,1-3H3. The zero-order valence-corrected chi connectivity index (χ0v) is 14.1. The number of rotatable bonds is 2. The zero-order valence-electron chi connectivity index (χ0n) is 14.1. The van der Waals surface area contributed by atoms with E-state index in [9.17, 15) is 9.90 Å². The minimum Gasteiger partial charge on any atom is -0.394 e. The van der Waals surface area contributed by atoms with Gasteiger partial charge in [-0.1, -0.05) is 33.6 Å². The van der Waals surface area contributed by atoms with E-state index < -0.39 is 0 Å². The molecule has 1 heterocycles. The van der Waals surface area contributed by atoms with Crippen molar-refractivity contribution in [1.82, 2.24) is 4.90 Å². The Morgan fingerprint density at radius 2 is 1.71 bits per heavy atom. The molecule has 0 radical (unpaired) electrons. The third-order valence-corrected chi connectivity index (χ3v) is 5.67. The van der Waals surface area contributed by atoms with E-state index in [0.29, 0.717) is 11.3 Å². The van der Waals surface area contributed by atoms with Gasteiger partial charge in [0.1, 0.15) is 0 Å². The molecule has 1 N–H and O–H groups in total. The summed E-state index contributed by atoms with van der Waals surface area (Å²) in [5.74, 6) is 1.28. The maximum Gasteiger partial charge on any atom is 0.226 e. The average molecular weight is 295 g/mol. The summed E-state index contributed by atoms with van der Waals surface area (Å²) in [5, 5.41) is 9.59. The highest BCUT2D eigenvalue weighted by Gasteiger charge is 2.35. The molecule has 21 heavy (non-hydrogen) atoms. The summed E-state index contributed by atoms with van der Waals surface area (Å²) in [6, 6.07) is 0.0698. The molecule has 2 aliphatic rings. The summed E-state index contributed by atoms with van der Waals surface area (Å²) >= 11 is 0. The lowest BCUT2D eigenvalue weighted by molar-refractivity contribution is -0.140. The van der Waals surface area contributed by atoms with Crippen LogP contribution in [0, 0.1) is 17.3 Å². The largest absolute Gasteiger partial charge is 0.394 e. The van der Waals surface area contributed by atoms with E-state index in [1.54, 1.807) is 0 Å². The SMILES string of the molecule is CC(C)(C)C1CCC(C(=O)N2CCCCCC2CO)CC1. The number of likely N-dealkylation sites (tertiary alicyclic amines) is 1. The molecule has 1 atom stereocenters. The first-order chi connectivity index (χ1) is 9.93. The number of aliphatic hydroxyl groups is 1. The lowest BCUT2D eigenvalue weighted by atomic mass is 9.69. The van der Waals surface area contributed by atoms with Crippen LogP contribution in [0.5, 0.6) is 0 Å². The van der Waals surface area contributed by atoms with Gasteiger partial charge in [-0.25, -0.2) is 0 Å². The molecule has 0 aromatic rings. The highest BCUT2D eigenvalue weighted by molar-refractivity contribution is 5.79. The zero-order chi connectivity index (χ0) is 15.5. The Kier molecular flexibility index (Phi) is 5.70. The van der Waals surface area contributed by atoms with E-state index in [1.165, 1.54) is 19.3 Å². The highest BCUT2D eigenvalue weighted by Crippen LogP contribution is 2.40. The van der Waals surface area contributed by atoms with Gasteiger partial charge in [-0.3, -0.25) is 4.79 Å². The van der Waals surface area contributed by atoms with Crippen LogP contribution >= 0.6 is 0 Å².